The maximum atomic E-state index is 9.87. The zero-order valence-corrected chi connectivity index (χ0v) is 11.4. The lowest BCUT2D eigenvalue weighted by Crippen LogP contribution is -2.26. The van der Waals surface area contributed by atoms with Gasteiger partial charge in [0.2, 0.25) is 0 Å². The highest BCUT2D eigenvalue weighted by atomic mass is 79.9. The second-order valence-corrected chi connectivity index (χ2v) is 5.96. The van der Waals surface area contributed by atoms with Gasteiger partial charge in [-0.15, -0.1) is 0 Å². The SMILES string of the molecule is CC(C)(C)C(N)c1cc(Cl)cc(Br)c1O. The maximum Gasteiger partial charge on any atom is 0.134 e. The van der Waals surface area contributed by atoms with Crippen molar-refractivity contribution in [3.8, 4) is 5.75 Å². The highest BCUT2D eigenvalue weighted by Crippen LogP contribution is 2.40. The fourth-order valence-electron chi connectivity index (χ4n) is 1.29. The summed E-state index contributed by atoms with van der Waals surface area (Å²) < 4.78 is 0.574. The van der Waals surface area contributed by atoms with Gasteiger partial charge in [0.1, 0.15) is 5.75 Å². The van der Waals surface area contributed by atoms with E-state index in [2.05, 4.69) is 15.9 Å². The molecule has 1 unspecified atom stereocenters. The molecule has 0 aromatic heterocycles. The molecule has 0 saturated carbocycles. The normalized spacial score (nSPS) is 14.0. The molecule has 4 heteroatoms. The first-order chi connectivity index (χ1) is 6.73. The average Bonchev–Trinajstić information content (AvgIpc) is 2.08. The molecule has 0 spiro atoms. The molecule has 0 heterocycles. The van der Waals surface area contributed by atoms with E-state index in [4.69, 9.17) is 17.3 Å². The fraction of sp³-hybridized carbons (Fsp3) is 0.455. The number of benzene rings is 1. The Morgan fingerprint density at radius 2 is 1.93 bits per heavy atom. The van der Waals surface area contributed by atoms with Crippen LogP contribution in [0.1, 0.15) is 32.4 Å². The van der Waals surface area contributed by atoms with Crippen LogP contribution in [0.4, 0.5) is 0 Å². The van der Waals surface area contributed by atoms with Crippen LogP contribution in [0.25, 0.3) is 0 Å². The smallest absolute Gasteiger partial charge is 0.134 e. The average molecular weight is 293 g/mol. The first-order valence-electron chi connectivity index (χ1n) is 4.67. The van der Waals surface area contributed by atoms with E-state index in [1.807, 2.05) is 20.8 Å². The quantitative estimate of drug-likeness (QED) is 0.826. The molecule has 1 atom stereocenters. The molecule has 0 radical (unpaired) electrons. The minimum Gasteiger partial charge on any atom is -0.506 e. The van der Waals surface area contributed by atoms with Crippen molar-refractivity contribution in [1.82, 2.24) is 0 Å². The standard InChI is InChI=1S/C11H15BrClNO/c1-11(2,3)10(14)7-4-6(13)5-8(12)9(7)15/h4-5,10,15H,14H2,1-3H3. The zero-order chi connectivity index (χ0) is 11.8. The number of rotatable bonds is 1. The predicted molar refractivity (Wildman–Crippen MR) is 67.2 cm³/mol. The van der Waals surface area contributed by atoms with Gasteiger partial charge >= 0.3 is 0 Å². The summed E-state index contributed by atoms with van der Waals surface area (Å²) in [5, 5.41) is 10.4. The predicted octanol–water partition coefficient (Wildman–Crippen LogP) is 3.85. The summed E-state index contributed by atoms with van der Waals surface area (Å²) >= 11 is 9.16. The molecule has 15 heavy (non-hydrogen) atoms. The van der Waals surface area contributed by atoms with E-state index in [0.29, 0.717) is 15.1 Å². The monoisotopic (exact) mass is 291 g/mol. The van der Waals surface area contributed by atoms with Crippen molar-refractivity contribution >= 4 is 27.5 Å². The molecule has 1 aromatic rings. The third-order valence-corrected chi connectivity index (χ3v) is 3.15. The molecule has 0 amide bonds. The van der Waals surface area contributed by atoms with E-state index in [1.165, 1.54) is 0 Å². The summed E-state index contributed by atoms with van der Waals surface area (Å²) in [6, 6.07) is 3.10. The Kier molecular flexibility index (Phi) is 3.69. The molecule has 0 bridgehead atoms. The number of halogens is 2. The van der Waals surface area contributed by atoms with E-state index in [1.54, 1.807) is 12.1 Å². The molecule has 0 aliphatic carbocycles. The van der Waals surface area contributed by atoms with Gasteiger partial charge in [0, 0.05) is 16.6 Å². The van der Waals surface area contributed by atoms with Crippen molar-refractivity contribution in [2.75, 3.05) is 0 Å². The molecule has 84 valence electrons. The summed E-state index contributed by atoms with van der Waals surface area (Å²) in [7, 11) is 0. The Bertz CT molecular complexity index is 374. The molecule has 1 rings (SSSR count). The van der Waals surface area contributed by atoms with Gasteiger partial charge in [-0.3, -0.25) is 0 Å². The van der Waals surface area contributed by atoms with Gasteiger partial charge in [0.25, 0.3) is 0 Å². The second-order valence-electron chi connectivity index (χ2n) is 4.67. The summed E-state index contributed by atoms with van der Waals surface area (Å²) in [4.78, 5) is 0. The van der Waals surface area contributed by atoms with Crippen molar-refractivity contribution in [3.63, 3.8) is 0 Å². The first-order valence-corrected chi connectivity index (χ1v) is 5.84. The summed E-state index contributed by atoms with van der Waals surface area (Å²) in [5.74, 6) is 0.168. The topological polar surface area (TPSA) is 46.2 Å². The van der Waals surface area contributed by atoms with Crippen LogP contribution in [0, 0.1) is 5.41 Å². The lowest BCUT2D eigenvalue weighted by atomic mass is 9.83. The summed E-state index contributed by atoms with van der Waals surface area (Å²) in [6.45, 7) is 6.06. The Morgan fingerprint density at radius 3 is 2.40 bits per heavy atom. The highest BCUT2D eigenvalue weighted by molar-refractivity contribution is 9.10. The van der Waals surface area contributed by atoms with Gasteiger partial charge in [-0.1, -0.05) is 32.4 Å². The lowest BCUT2D eigenvalue weighted by Gasteiger charge is -2.28. The van der Waals surface area contributed by atoms with Crippen LogP contribution in [0.15, 0.2) is 16.6 Å². The first kappa shape index (κ1) is 12.8. The molecular weight excluding hydrogens is 277 g/mol. The van der Waals surface area contributed by atoms with Crippen LogP contribution in [-0.4, -0.2) is 5.11 Å². The van der Waals surface area contributed by atoms with Crippen molar-refractivity contribution in [3.05, 3.63) is 27.2 Å². The van der Waals surface area contributed by atoms with Crippen LogP contribution < -0.4 is 5.73 Å². The van der Waals surface area contributed by atoms with Gasteiger partial charge < -0.3 is 10.8 Å². The van der Waals surface area contributed by atoms with E-state index in [0.717, 1.165) is 0 Å². The molecule has 0 aliphatic heterocycles. The van der Waals surface area contributed by atoms with Crippen molar-refractivity contribution in [1.29, 1.82) is 0 Å². The molecule has 0 aliphatic rings. The minimum absolute atomic E-state index is 0.123. The van der Waals surface area contributed by atoms with Crippen LogP contribution in [0.3, 0.4) is 0 Å². The number of hydrogen-bond donors (Lipinski definition) is 2. The van der Waals surface area contributed by atoms with Gasteiger partial charge in [0.15, 0.2) is 0 Å². The summed E-state index contributed by atoms with van der Waals surface area (Å²) in [6.07, 6.45) is 0. The second kappa shape index (κ2) is 4.32. The molecule has 3 N–H and O–H groups in total. The number of aromatic hydroxyl groups is 1. The maximum absolute atomic E-state index is 9.87. The van der Waals surface area contributed by atoms with E-state index in [-0.39, 0.29) is 17.2 Å². The number of hydrogen-bond acceptors (Lipinski definition) is 2. The van der Waals surface area contributed by atoms with Gasteiger partial charge in [0.05, 0.1) is 4.47 Å². The third kappa shape index (κ3) is 2.86. The van der Waals surface area contributed by atoms with E-state index in [9.17, 15) is 5.11 Å². The molecule has 2 nitrogen and oxygen atoms in total. The van der Waals surface area contributed by atoms with E-state index < -0.39 is 0 Å². The van der Waals surface area contributed by atoms with Gasteiger partial charge in [-0.25, -0.2) is 0 Å². The highest BCUT2D eigenvalue weighted by Gasteiger charge is 2.25. The zero-order valence-electron chi connectivity index (χ0n) is 9.01. The third-order valence-electron chi connectivity index (χ3n) is 2.33. The van der Waals surface area contributed by atoms with Crippen molar-refractivity contribution in [2.45, 2.75) is 26.8 Å². The number of phenols is 1. The van der Waals surface area contributed by atoms with Crippen molar-refractivity contribution < 1.29 is 5.11 Å². The molecule has 0 saturated heterocycles. The van der Waals surface area contributed by atoms with Crippen LogP contribution in [0.2, 0.25) is 5.02 Å². The van der Waals surface area contributed by atoms with Crippen LogP contribution in [-0.2, 0) is 0 Å². The molecular formula is C11H15BrClNO. The summed E-state index contributed by atoms with van der Waals surface area (Å²) in [5.41, 5.74) is 6.62. The Balaban J connectivity index is 3.25. The Hall–Kier alpha value is -0.250. The minimum atomic E-state index is -0.257. The van der Waals surface area contributed by atoms with Crippen LogP contribution >= 0.6 is 27.5 Å². The van der Waals surface area contributed by atoms with Crippen molar-refractivity contribution in [2.24, 2.45) is 11.1 Å². The Morgan fingerprint density at radius 1 is 1.40 bits per heavy atom. The number of nitrogens with two attached hydrogens (primary N) is 1. The fourth-order valence-corrected chi connectivity index (χ4v) is 2.12. The lowest BCUT2D eigenvalue weighted by molar-refractivity contribution is 0.317. The van der Waals surface area contributed by atoms with Gasteiger partial charge in [-0.05, 0) is 33.5 Å². The Labute approximate surface area is 104 Å². The van der Waals surface area contributed by atoms with E-state index >= 15 is 0 Å². The number of phenolic OH excluding ortho intramolecular Hbond substituents is 1. The van der Waals surface area contributed by atoms with Gasteiger partial charge in [-0.2, -0.15) is 0 Å². The molecule has 0 fully saturated rings. The largest absolute Gasteiger partial charge is 0.506 e. The van der Waals surface area contributed by atoms with Crippen LogP contribution in [0.5, 0.6) is 5.75 Å². The molecule has 1 aromatic carbocycles.